The van der Waals surface area contributed by atoms with Gasteiger partial charge >= 0.3 is 23.5 Å². The van der Waals surface area contributed by atoms with E-state index < -0.39 is 54.1 Å². The molecule has 1 aliphatic rings. The second-order valence-corrected chi connectivity index (χ2v) is 10.5. The van der Waals surface area contributed by atoms with Gasteiger partial charge in [0.05, 0.1) is 19.0 Å². The van der Waals surface area contributed by atoms with Gasteiger partial charge in [0.15, 0.2) is 11.2 Å². The topological polar surface area (TPSA) is 279 Å². The number of H-pyrrole nitrogens is 1. The summed E-state index contributed by atoms with van der Waals surface area (Å²) in [6.07, 6.45) is -2.36. The van der Waals surface area contributed by atoms with Gasteiger partial charge in [-0.1, -0.05) is 0 Å². The zero-order valence-corrected chi connectivity index (χ0v) is 17.7. The van der Waals surface area contributed by atoms with E-state index in [0.717, 1.165) is 0 Å². The van der Waals surface area contributed by atoms with Crippen molar-refractivity contribution < 1.29 is 56.3 Å². The molecule has 3 heterocycles. The number of aromatic amines is 1. The Morgan fingerprint density at radius 1 is 1.23 bits per heavy atom. The van der Waals surface area contributed by atoms with Crippen molar-refractivity contribution in [3.05, 3.63) is 16.7 Å². The molecule has 1 aliphatic heterocycles. The first kappa shape index (κ1) is 24.1. The van der Waals surface area contributed by atoms with E-state index in [2.05, 4.69) is 28.1 Å². The van der Waals surface area contributed by atoms with E-state index in [9.17, 15) is 28.5 Å². The standard InChI is InChI=1S/C10H16N5O13P3/c11-10-13-8-7(9(17)14-10)12-3-15(8)6-1-4(16)5(26-6)2-25-30(21,22)28-31(23,24)27-29(18,19)20/h3-6,16H,1-2H2,(H,21,22)(H,23,24)(H2,18,19,20)(H3,11,13,14,17)/t4-,5+,6+/m0/s1/i1+1,2+1,4+1,5+1,6+1,11+1,12+1,13+1,14+1,15+1. The first-order valence-corrected chi connectivity index (χ1v) is 12.5. The number of ether oxygens (including phenoxy) is 1. The molecule has 18 nitrogen and oxygen atoms in total. The van der Waals surface area contributed by atoms with E-state index in [1.807, 2.05) is 0 Å². The number of nitrogens with two attached hydrogens (primary N) is 1. The maximum absolute atomic E-state index is 11.8. The van der Waals surface area contributed by atoms with Gasteiger partial charge < -0.3 is 35.2 Å². The highest BCUT2D eigenvalue weighted by atomic mass is 31.3. The van der Waals surface area contributed by atoms with Gasteiger partial charge in [-0.15, -0.1) is 0 Å². The highest BCUT2D eigenvalue weighted by Gasteiger charge is 2.43. The van der Waals surface area contributed by atoms with Crippen molar-refractivity contribution in [3.63, 3.8) is 0 Å². The van der Waals surface area contributed by atoms with Crippen molar-refractivity contribution in [2.45, 2.75) is 24.9 Å². The number of rotatable bonds is 8. The van der Waals surface area contributed by atoms with E-state index >= 15 is 0 Å². The summed E-state index contributed by atoms with van der Waals surface area (Å²) >= 11 is 0. The molecule has 2 unspecified atom stereocenters. The highest BCUT2D eigenvalue weighted by Crippen LogP contribution is 2.66. The molecule has 2 aromatic heterocycles. The van der Waals surface area contributed by atoms with Crippen molar-refractivity contribution in [3.8, 4) is 0 Å². The lowest BCUT2D eigenvalue weighted by atomic mass is 10.6. The van der Waals surface area contributed by atoms with E-state index in [1.165, 1.54) is 10.9 Å². The summed E-state index contributed by atoms with van der Waals surface area (Å²) in [7, 11) is -16.6. The molecular formula is C10H16N5O13P3. The van der Waals surface area contributed by atoms with Gasteiger partial charge in [0.1, 0.15) is 12.3 Å². The molecule has 5 atom stereocenters. The second kappa shape index (κ2) is 8.44. The minimum absolute atomic E-state index is 0.0481. The number of phosphoric ester groups is 1. The van der Waals surface area contributed by atoms with Crippen molar-refractivity contribution in [1.29, 1.82) is 0 Å². The predicted octanol–water partition coefficient (Wildman–Crippen LogP) is -1.31. The van der Waals surface area contributed by atoms with Crippen LogP contribution in [-0.4, -0.2) is 63.0 Å². The van der Waals surface area contributed by atoms with Gasteiger partial charge in [0.2, 0.25) is 5.95 Å². The summed E-state index contributed by atoms with van der Waals surface area (Å²) in [6.45, 7) is -0.843. The zero-order chi connectivity index (χ0) is 23.2. The smallest absolute Gasteiger partial charge is 0.390 e. The molecule has 0 aliphatic carbocycles. The molecule has 2 aromatic rings. The van der Waals surface area contributed by atoms with Crippen LogP contribution in [-0.2, 0) is 31.6 Å². The minimum Gasteiger partial charge on any atom is -0.390 e. The summed E-state index contributed by atoms with van der Waals surface area (Å²) in [5.74, 6) is -0.193. The van der Waals surface area contributed by atoms with E-state index in [1.54, 1.807) is 0 Å². The van der Waals surface area contributed by atoms with E-state index in [0.29, 0.717) is 0 Å². The number of nitrogens with one attached hydrogen (secondary N) is 1. The molecule has 3 rings (SSSR count). The van der Waals surface area contributed by atoms with Gasteiger partial charge in [-0.05, 0) is 0 Å². The van der Waals surface area contributed by atoms with E-state index in [-0.39, 0.29) is 23.5 Å². The number of aliphatic hydroxyl groups is 1. The molecule has 0 bridgehead atoms. The lowest BCUT2D eigenvalue weighted by Gasteiger charge is -2.19. The molecule has 0 radical (unpaired) electrons. The fourth-order valence-corrected chi connectivity index (χ4v) is 5.69. The number of phosphoric acid groups is 3. The van der Waals surface area contributed by atoms with Gasteiger partial charge in [-0.3, -0.25) is 18.9 Å². The molecule has 1 saturated heterocycles. The molecule has 1 fully saturated rings. The maximum Gasteiger partial charge on any atom is 0.490 e. The normalized spacial score (nSPS) is 26.0. The Labute approximate surface area is 171 Å². The van der Waals surface area contributed by atoms with Gasteiger partial charge in [-0.25, -0.2) is 18.7 Å². The quantitative estimate of drug-likeness (QED) is 0.122. The van der Waals surface area contributed by atoms with E-state index in [4.69, 9.17) is 25.2 Å². The Morgan fingerprint density at radius 3 is 2.55 bits per heavy atom. The van der Waals surface area contributed by atoms with Crippen molar-refractivity contribution >= 4 is 40.6 Å². The summed E-state index contributed by atoms with van der Waals surface area (Å²) in [4.78, 5) is 57.5. The van der Waals surface area contributed by atoms with Crippen LogP contribution < -0.4 is 11.3 Å². The second-order valence-electron chi connectivity index (χ2n) is 6.09. The van der Waals surface area contributed by atoms with Crippen LogP contribution in [0.15, 0.2) is 11.1 Å². The number of imidazole rings is 1. The highest BCUT2D eigenvalue weighted by molar-refractivity contribution is 7.66. The Kier molecular flexibility index (Phi) is 6.57. The molecule has 8 N–H and O–H groups in total. The molecule has 174 valence electrons. The third kappa shape index (κ3) is 6.04. The Bertz CT molecular complexity index is 1170. The lowest BCUT2D eigenvalue weighted by molar-refractivity contribution is -0.0423. The van der Waals surface area contributed by atoms with Crippen LogP contribution in [0.5, 0.6) is 0 Å². The molecule has 0 aromatic carbocycles. The Hall–Kier alpha value is -1.52. The first-order chi connectivity index (χ1) is 14.2. The van der Waals surface area contributed by atoms with Crippen molar-refractivity contribution in [2.75, 3.05) is 12.3 Å². The monoisotopic (exact) mass is 517 g/mol. The molecule has 0 amide bonds. The summed E-state index contributed by atoms with van der Waals surface area (Å²) in [5.41, 5.74) is 4.89. The molecule has 21 heteroatoms. The largest absolute Gasteiger partial charge is 0.490 e. The summed E-state index contributed by atoms with van der Waals surface area (Å²) in [6, 6.07) is 0. The maximum atomic E-state index is 11.8. The third-order valence-corrected chi connectivity index (χ3v) is 7.59. The fraction of sp³-hybridized carbons (Fsp3) is 0.500. The fourth-order valence-electron chi connectivity index (χ4n) is 2.66. The number of anilines is 1. The molecule has 0 saturated carbocycles. The van der Waals surface area contributed by atoms with Crippen LogP contribution in [0.3, 0.4) is 0 Å². The first-order valence-electron chi connectivity index (χ1n) is 8.00. The van der Waals surface area contributed by atoms with Crippen LogP contribution in [0, 0.1) is 0 Å². The summed E-state index contributed by atoms with van der Waals surface area (Å²) in [5, 5.41) is 10.1. The number of nitrogens with zero attached hydrogens (tertiary/aromatic N) is 3. The Morgan fingerprint density at radius 2 is 1.90 bits per heavy atom. The molecule has 31 heavy (non-hydrogen) atoms. The lowest BCUT2D eigenvalue weighted by Crippen LogP contribution is -2.26. The van der Waals surface area contributed by atoms with Crippen LogP contribution in [0.4, 0.5) is 5.95 Å². The van der Waals surface area contributed by atoms with Gasteiger partial charge in [0.25, 0.3) is 5.56 Å². The average Bonchev–Trinajstić information content (AvgIpc) is 3.13. The van der Waals surface area contributed by atoms with Crippen molar-refractivity contribution in [1.82, 2.24) is 19.5 Å². The zero-order valence-electron chi connectivity index (χ0n) is 15.0. The number of fused-ring (bicyclic) bond motifs is 1. The molecular weight excluding hydrogens is 501 g/mol. The Balaban J connectivity index is 1.67. The van der Waals surface area contributed by atoms with Crippen LogP contribution in [0.25, 0.3) is 11.2 Å². The van der Waals surface area contributed by atoms with Crippen LogP contribution in [0.1, 0.15) is 12.6 Å². The SMILES string of the molecule is [15NH2]c1[15n]c2c([15n]c[15n]2[13C@H]2[13CH2][13C@H](O)[13C@@H]([13CH2]OP(=O)(O)OP(=O)(O)OP(=O)(O)O)O2)c(=O)[15nH]1. The average molecular weight is 517 g/mol. The van der Waals surface area contributed by atoms with Crippen LogP contribution in [0.2, 0.25) is 0 Å². The van der Waals surface area contributed by atoms with Gasteiger partial charge in [-0.2, -0.15) is 13.6 Å². The number of nitrogen functional groups attached to an aromatic ring is 1. The van der Waals surface area contributed by atoms with Crippen molar-refractivity contribution in [2.24, 2.45) is 0 Å². The minimum atomic E-state index is -5.67. The number of hydrogen-bond acceptors (Lipinski definition) is 12. The number of aliphatic hydroxyl groups excluding tert-OH is 1. The number of hydrogen-bond donors (Lipinski definition) is 7. The number of aromatic nitrogens is 4. The predicted molar refractivity (Wildman–Crippen MR) is 96.9 cm³/mol. The third-order valence-electron chi connectivity index (χ3n) is 3.78. The van der Waals surface area contributed by atoms with Crippen LogP contribution >= 0.6 is 23.5 Å². The summed E-state index contributed by atoms with van der Waals surface area (Å²) < 4.78 is 52.1. The van der Waals surface area contributed by atoms with Gasteiger partial charge in [0, 0.05) is 6.42 Å². The molecule has 0 spiro atoms.